The Morgan fingerprint density at radius 3 is 2.93 bits per heavy atom. The fourth-order valence-corrected chi connectivity index (χ4v) is 2.51. The van der Waals surface area contributed by atoms with Gasteiger partial charge in [-0.1, -0.05) is 0 Å². The normalized spacial score (nSPS) is 25.7. The molecule has 5 nitrogen and oxygen atoms in total. The quantitative estimate of drug-likeness (QED) is 0.758. The molecule has 1 aromatic rings. The maximum absolute atomic E-state index is 11.5. The standard InChI is InChI=1S/C9H12N2O3S/c1-5-3-11(9(13)10-8(5)12)7-4-14-6(2)15-7/h3,6-7H,4H2,1-2H3,(H,10,12,13). The number of H-pyrrole nitrogens is 1. The van der Waals surface area contributed by atoms with Crippen LogP contribution in [0.5, 0.6) is 0 Å². The van der Waals surface area contributed by atoms with Gasteiger partial charge in [0.15, 0.2) is 0 Å². The third kappa shape index (κ3) is 2.00. The van der Waals surface area contributed by atoms with Crippen molar-refractivity contribution in [3.05, 3.63) is 32.6 Å². The van der Waals surface area contributed by atoms with E-state index in [1.54, 1.807) is 24.9 Å². The molecule has 1 N–H and O–H groups in total. The minimum atomic E-state index is -0.374. The minimum absolute atomic E-state index is 0.0388. The average Bonchev–Trinajstić information content (AvgIpc) is 2.58. The van der Waals surface area contributed by atoms with E-state index in [0.29, 0.717) is 12.2 Å². The molecule has 1 aliphatic rings. The maximum Gasteiger partial charge on any atom is 0.329 e. The van der Waals surface area contributed by atoms with Gasteiger partial charge in [0.2, 0.25) is 0 Å². The Hall–Kier alpha value is -1.01. The second kappa shape index (κ2) is 3.86. The van der Waals surface area contributed by atoms with Crippen LogP contribution in [-0.2, 0) is 4.74 Å². The molecule has 2 heterocycles. The van der Waals surface area contributed by atoms with Crippen molar-refractivity contribution in [3.63, 3.8) is 0 Å². The molecule has 2 atom stereocenters. The van der Waals surface area contributed by atoms with Crippen molar-refractivity contribution >= 4 is 11.8 Å². The Morgan fingerprint density at radius 1 is 1.60 bits per heavy atom. The Balaban J connectivity index is 2.41. The summed E-state index contributed by atoms with van der Waals surface area (Å²) in [5.74, 6) is 0. The molecule has 0 radical (unpaired) electrons. The molecule has 1 saturated heterocycles. The molecule has 0 spiro atoms. The lowest BCUT2D eigenvalue weighted by Crippen LogP contribution is -2.32. The van der Waals surface area contributed by atoms with E-state index in [2.05, 4.69) is 4.98 Å². The highest BCUT2D eigenvalue weighted by atomic mass is 32.2. The van der Waals surface area contributed by atoms with Gasteiger partial charge in [-0.3, -0.25) is 14.3 Å². The van der Waals surface area contributed by atoms with Crippen LogP contribution in [0.4, 0.5) is 0 Å². The lowest BCUT2D eigenvalue weighted by atomic mass is 10.4. The van der Waals surface area contributed by atoms with E-state index in [4.69, 9.17) is 4.74 Å². The van der Waals surface area contributed by atoms with E-state index in [9.17, 15) is 9.59 Å². The topological polar surface area (TPSA) is 64.1 Å². The fraction of sp³-hybridized carbons (Fsp3) is 0.556. The van der Waals surface area contributed by atoms with Crippen molar-refractivity contribution < 1.29 is 4.74 Å². The van der Waals surface area contributed by atoms with E-state index in [1.165, 1.54) is 4.57 Å². The summed E-state index contributed by atoms with van der Waals surface area (Å²) in [4.78, 5) is 25.0. The monoisotopic (exact) mass is 228 g/mol. The maximum atomic E-state index is 11.5. The van der Waals surface area contributed by atoms with Gasteiger partial charge in [0.05, 0.1) is 6.61 Å². The average molecular weight is 228 g/mol. The van der Waals surface area contributed by atoms with Gasteiger partial charge in [-0.25, -0.2) is 4.79 Å². The van der Waals surface area contributed by atoms with Gasteiger partial charge in [-0.05, 0) is 13.8 Å². The first-order chi connectivity index (χ1) is 7.08. The Morgan fingerprint density at radius 2 is 2.33 bits per heavy atom. The fourth-order valence-electron chi connectivity index (χ4n) is 1.46. The first-order valence-electron chi connectivity index (χ1n) is 4.67. The molecular formula is C9H12N2O3S. The van der Waals surface area contributed by atoms with Gasteiger partial charge in [0.25, 0.3) is 5.56 Å². The predicted molar refractivity (Wildman–Crippen MR) is 58.1 cm³/mol. The van der Waals surface area contributed by atoms with Crippen molar-refractivity contribution in [2.24, 2.45) is 0 Å². The van der Waals surface area contributed by atoms with Gasteiger partial charge in [0.1, 0.15) is 10.8 Å². The Labute approximate surface area is 90.5 Å². The Bertz CT molecular complexity index is 479. The number of aromatic nitrogens is 2. The zero-order chi connectivity index (χ0) is 11.0. The van der Waals surface area contributed by atoms with Crippen molar-refractivity contribution in [1.29, 1.82) is 0 Å². The van der Waals surface area contributed by atoms with Crippen molar-refractivity contribution in [2.75, 3.05) is 6.61 Å². The van der Waals surface area contributed by atoms with Crippen LogP contribution < -0.4 is 11.2 Å². The van der Waals surface area contributed by atoms with E-state index in [-0.39, 0.29) is 22.1 Å². The van der Waals surface area contributed by atoms with Crippen LogP contribution in [0, 0.1) is 6.92 Å². The molecule has 0 bridgehead atoms. The smallest absolute Gasteiger partial charge is 0.329 e. The summed E-state index contributed by atoms with van der Waals surface area (Å²) in [6.45, 7) is 4.12. The molecule has 2 unspecified atom stereocenters. The van der Waals surface area contributed by atoms with E-state index in [1.807, 2.05) is 6.92 Å². The van der Waals surface area contributed by atoms with Crippen LogP contribution in [0.1, 0.15) is 17.9 Å². The highest BCUT2D eigenvalue weighted by Gasteiger charge is 2.25. The summed E-state index contributed by atoms with van der Waals surface area (Å²) in [5, 5.41) is -0.0388. The van der Waals surface area contributed by atoms with E-state index >= 15 is 0 Å². The van der Waals surface area contributed by atoms with Crippen LogP contribution in [0.25, 0.3) is 0 Å². The van der Waals surface area contributed by atoms with Crippen LogP contribution in [0.3, 0.4) is 0 Å². The van der Waals surface area contributed by atoms with Crippen molar-refractivity contribution in [3.8, 4) is 0 Å². The van der Waals surface area contributed by atoms with Crippen molar-refractivity contribution in [1.82, 2.24) is 9.55 Å². The summed E-state index contributed by atoms with van der Waals surface area (Å²) in [6, 6.07) is 0. The first kappa shape index (κ1) is 10.5. The molecule has 0 saturated carbocycles. The highest BCUT2D eigenvalue weighted by Crippen LogP contribution is 2.33. The molecule has 1 fully saturated rings. The van der Waals surface area contributed by atoms with Crippen LogP contribution in [0.15, 0.2) is 15.8 Å². The summed E-state index contributed by atoms with van der Waals surface area (Å²) < 4.78 is 6.87. The molecule has 1 aromatic heterocycles. The van der Waals surface area contributed by atoms with Crippen LogP contribution in [-0.4, -0.2) is 21.6 Å². The molecule has 0 amide bonds. The van der Waals surface area contributed by atoms with Crippen molar-refractivity contribution in [2.45, 2.75) is 24.7 Å². The number of ether oxygens (including phenoxy) is 1. The number of aromatic amines is 1. The zero-order valence-corrected chi connectivity index (χ0v) is 9.34. The van der Waals surface area contributed by atoms with Gasteiger partial charge in [0, 0.05) is 11.8 Å². The summed E-state index contributed by atoms with van der Waals surface area (Å²) >= 11 is 1.57. The molecule has 0 aromatic carbocycles. The largest absolute Gasteiger partial charge is 0.365 e. The molecule has 82 valence electrons. The van der Waals surface area contributed by atoms with Crippen LogP contribution >= 0.6 is 11.8 Å². The van der Waals surface area contributed by atoms with E-state index < -0.39 is 0 Å². The predicted octanol–water partition coefficient (Wildman–Crippen LogP) is 0.453. The molecule has 1 aliphatic heterocycles. The second-order valence-electron chi connectivity index (χ2n) is 3.47. The number of hydrogen-bond acceptors (Lipinski definition) is 4. The minimum Gasteiger partial charge on any atom is -0.365 e. The second-order valence-corrected chi connectivity index (χ2v) is 4.95. The lowest BCUT2D eigenvalue weighted by Gasteiger charge is -2.10. The number of aryl methyl sites for hydroxylation is 1. The SMILES string of the molecule is Cc1cn(C2COC(C)S2)c(=O)[nH]c1=O. The Kier molecular flexibility index (Phi) is 2.70. The first-order valence-corrected chi connectivity index (χ1v) is 5.61. The third-order valence-corrected chi connectivity index (χ3v) is 3.48. The van der Waals surface area contributed by atoms with Gasteiger partial charge >= 0.3 is 5.69 Å². The third-order valence-electron chi connectivity index (χ3n) is 2.28. The van der Waals surface area contributed by atoms with Gasteiger partial charge in [-0.2, -0.15) is 0 Å². The lowest BCUT2D eigenvalue weighted by molar-refractivity contribution is 0.136. The van der Waals surface area contributed by atoms with Gasteiger partial charge < -0.3 is 4.74 Å². The van der Waals surface area contributed by atoms with E-state index in [0.717, 1.165) is 0 Å². The highest BCUT2D eigenvalue weighted by molar-refractivity contribution is 8.00. The number of nitrogens with one attached hydrogen (secondary N) is 1. The summed E-state index contributed by atoms with van der Waals surface area (Å²) in [5.41, 5.74) is -0.0714. The molecule has 2 rings (SSSR count). The number of thioether (sulfide) groups is 1. The number of hydrogen-bond donors (Lipinski definition) is 1. The molecule has 15 heavy (non-hydrogen) atoms. The molecule has 0 aliphatic carbocycles. The number of nitrogens with zero attached hydrogens (tertiary/aromatic N) is 1. The van der Waals surface area contributed by atoms with Crippen LogP contribution in [0.2, 0.25) is 0 Å². The molecular weight excluding hydrogens is 216 g/mol. The number of rotatable bonds is 1. The summed E-state index contributed by atoms with van der Waals surface area (Å²) in [7, 11) is 0. The summed E-state index contributed by atoms with van der Waals surface area (Å²) in [6.07, 6.45) is 1.58. The molecule has 6 heteroatoms. The van der Waals surface area contributed by atoms with Gasteiger partial charge in [-0.15, -0.1) is 11.8 Å². The zero-order valence-electron chi connectivity index (χ0n) is 8.52.